The Balaban J connectivity index is 2.51. The van der Waals surface area contributed by atoms with Gasteiger partial charge in [0.2, 0.25) is 0 Å². The maximum atomic E-state index is 8.42. The molecule has 0 atom stereocenters. The smallest absolute Gasteiger partial charge is 0.423 e. The molecule has 0 spiro atoms. The molecule has 8 heavy (non-hydrogen) atoms. The van der Waals surface area contributed by atoms with Gasteiger partial charge in [0.15, 0.2) is 0 Å². The van der Waals surface area contributed by atoms with Gasteiger partial charge in [-0.3, -0.25) is 0 Å². The summed E-state index contributed by atoms with van der Waals surface area (Å²) in [5, 5.41) is 23.8. The second-order valence-corrected chi connectivity index (χ2v) is 1.49. The number of rotatable bonds is 1. The maximum absolute atomic E-state index is 8.42. The zero-order chi connectivity index (χ0) is 5.98. The summed E-state index contributed by atoms with van der Waals surface area (Å²) < 4.78 is 0. The Morgan fingerprint density at radius 2 is 2.38 bits per heavy atom. The van der Waals surface area contributed by atoms with Crippen molar-refractivity contribution in [3.8, 4) is 0 Å². The van der Waals surface area contributed by atoms with E-state index in [1.807, 2.05) is 0 Å². The summed E-state index contributed by atoms with van der Waals surface area (Å²) in [6.45, 7) is 0.317. The van der Waals surface area contributed by atoms with E-state index in [1.54, 1.807) is 0 Å². The van der Waals surface area contributed by atoms with Crippen LogP contribution in [0, 0.1) is 0 Å². The molecule has 0 bridgehead atoms. The minimum Gasteiger partial charge on any atom is -0.423 e. The Kier molecular flexibility index (Phi) is 1.41. The third-order valence-electron chi connectivity index (χ3n) is 0.890. The van der Waals surface area contributed by atoms with Crippen molar-refractivity contribution in [1.29, 1.82) is 0 Å². The SMILES string of the molecule is OB(O)C1=CN=NC1. The van der Waals surface area contributed by atoms with Gasteiger partial charge in [-0.2, -0.15) is 10.2 Å². The topological polar surface area (TPSA) is 65.2 Å². The van der Waals surface area contributed by atoms with E-state index in [4.69, 9.17) is 10.0 Å². The quantitative estimate of drug-likeness (QED) is 0.442. The van der Waals surface area contributed by atoms with Crippen LogP contribution in [0.1, 0.15) is 0 Å². The average molecular weight is 112 g/mol. The molecule has 1 heterocycles. The Labute approximate surface area is 46.7 Å². The first-order valence-electron chi connectivity index (χ1n) is 2.22. The Hall–Kier alpha value is -0.675. The van der Waals surface area contributed by atoms with Gasteiger partial charge >= 0.3 is 7.12 Å². The van der Waals surface area contributed by atoms with Crippen molar-refractivity contribution in [2.24, 2.45) is 10.2 Å². The second kappa shape index (κ2) is 2.06. The van der Waals surface area contributed by atoms with Crippen molar-refractivity contribution < 1.29 is 10.0 Å². The molecule has 5 heteroatoms. The fourth-order valence-corrected chi connectivity index (χ4v) is 0.427. The lowest BCUT2D eigenvalue weighted by Gasteiger charge is -1.91. The molecule has 0 saturated carbocycles. The van der Waals surface area contributed by atoms with Crippen molar-refractivity contribution >= 4 is 7.12 Å². The normalized spacial score (nSPS) is 16.5. The summed E-state index contributed by atoms with van der Waals surface area (Å²) in [4.78, 5) is 0. The first-order valence-corrected chi connectivity index (χ1v) is 2.22. The van der Waals surface area contributed by atoms with Gasteiger partial charge in [-0.05, 0) is 0 Å². The van der Waals surface area contributed by atoms with Crippen LogP contribution in [0.2, 0.25) is 0 Å². The van der Waals surface area contributed by atoms with E-state index in [-0.39, 0.29) is 0 Å². The molecule has 0 aliphatic carbocycles. The molecule has 4 nitrogen and oxygen atoms in total. The fourth-order valence-electron chi connectivity index (χ4n) is 0.427. The molecule has 2 N–H and O–H groups in total. The lowest BCUT2D eigenvalue weighted by molar-refractivity contribution is 0.418. The van der Waals surface area contributed by atoms with Gasteiger partial charge in [0.25, 0.3) is 0 Å². The van der Waals surface area contributed by atoms with Crippen LogP contribution in [0.15, 0.2) is 21.9 Å². The fraction of sp³-hybridized carbons (Fsp3) is 0.333. The van der Waals surface area contributed by atoms with Crippen LogP contribution in [-0.4, -0.2) is 23.7 Å². The molecule has 0 unspecified atom stereocenters. The van der Waals surface area contributed by atoms with Crippen molar-refractivity contribution in [2.45, 2.75) is 0 Å². The van der Waals surface area contributed by atoms with Gasteiger partial charge in [-0.15, -0.1) is 0 Å². The van der Waals surface area contributed by atoms with Gasteiger partial charge in [0.05, 0.1) is 6.54 Å². The zero-order valence-corrected chi connectivity index (χ0v) is 4.15. The van der Waals surface area contributed by atoms with Gasteiger partial charge in [0.1, 0.15) is 0 Å². The van der Waals surface area contributed by atoms with Gasteiger partial charge in [0, 0.05) is 11.7 Å². The first kappa shape index (κ1) is 5.46. The van der Waals surface area contributed by atoms with Crippen LogP contribution in [0.3, 0.4) is 0 Å². The minimum atomic E-state index is -1.38. The molecular formula is C3H5BN2O2. The average Bonchev–Trinajstić information content (AvgIpc) is 2.12. The standard InChI is InChI=1S/C3H5BN2O2/c7-4(8)3-1-5-6-2-3/h1,7-8H,2H2. The number of azo groups is 1. The Morgan fingerprint density at radius 3 is 2.62 bits per heavy atom. The third kappa shape index (κ3) is 0.934. The van der Waals surface area contributed by atoms with Crippen LogP contribution >= 0.6 is 0 Å². The largest absolute Gasteiger partial charge is 0.487 e. The molecule has 1 aliphatic rings. The summed E-state index contributed by atoms with van der Waals surface area (Å²) in [6.07, 6.45) is 1.35. The first-order chi connectivity index (χ1) is 3.80. The maximum Gasteiger partial charge on any atom is 0.487 e. The highest BCUT2D eigenvalue weighted by molar-refractivity contribution is 6.50. The van der Waals surface area contributed by atoms with E-state index in [9.17, 15) is 0 Å². The molecule has 0 radical (unpaired) electrons. The monoisotopic (exact) mass is 112 g/mol. The van der Waals surface area contributed by atoms with Crippen molar-refractivity contribution in [3.05, 3.63) is 11.7 Å². The van der Waals surface area contributed by atoms with E-state index in [1.165, 1.54) is 6.20 Å². The molecule has 1 aliphatic heterocycles. The van der Waals surface area contributed by atoms with Gasteiger partial charge in [-0.1, -0.05) is 0 Å². The summed E-state index contributed by atoms with van der Waals surface area (Å²) in [6, 6.07) is 0. The third-order valence-corrected chi connectivity index (χ3v) is 0.890. The van der Waals surface area contributed by atoms with Crippen molar-refractivity contribution in [1.82, 2.24) is 0 Å². The number of hydrogen-bond donors (Lipinski definition) is 2. The van der Waals surface area contributed by atoms with E-state index < -0.39 is 7.12 Å². The second-order valence-electron chi connectivity index (χ2n) is 1.49. The van der Waals surface area contributed by atoms with E-state index >= 15 is 0 Å². The lowest BCUT2D eigenvalue weighted by atomic mass is 9.80. The molecule has 0 aromatic carbocycles. The highest BCUT2D eigenvalue weighted by atomic mass is 16.4. The van der Waals surface area contributed by atoms with Crippen LogP contribution in [-0.2, 0) is 0 Å². The number of hydrogen-bond acceptors (Lipinski definition) is 4. The molecule has 0 amide bonds. The molecule has 42 valence electrons. The summed E-state index contributed by atoms with van der Waals surface area (Å²) in [5.74, 6) is 0. The van der Waals surface area contributed by atoms with E-state index in [0.29, 0.717) is 12.0 Å². The van der Waals surface area contributed by atoms with Gasteiger partial charge < -0.3 is 10.0 Å². The van der Waals surface area contributed by atoms with Crippen LogP contribution in [0.25, 0.3) is 0 Å². The van der Waals surface area contributed by atoms with E-state index in [2.05, 4.69) is 10.2 Å². The minimum absolute atomic E-state index is 0.317. The van der Waals surface area contributed by atoms with Crippen molar-refractivity contribution in [3.63, 3.8) is 0 Å². The van der Waals surface area contributed by atoms with Crippen LogP contribution in [0.5, 0.6) is 0 Å². The van der Waals surface area contributed by atoms with Gasteiger partial charge in [-0.25, -0.2) is 0 Å². The van der Waals surface area contributed by atoms with Crippen LogP contribution < -0.4 is 0 Å². The summed E-state index contributed by atoms with van der Waals surface area (Å²) >= 11 is 0. The van der Waals surface area contributed by atoms with Crippen molar-refractivity contribution in [2.75, 3.05) is 6.54 Å². The highest BCUT2D eigenvalue weighted by Crippen LogP contribution is 2.04. The molecule has 0 aromatic rings. The van der Waals surface area contributed by atoms with E-state index in [0.717, 1.165) is 0 Å². The zero-order valence-electron chi connectivity index (χ0n) is 4.15. The van der Waals surface area contributed by atoms with Crippen LogP contribution in [0.4, 0.5) is 0 Å². The molecule has 1 rings (SSSR count). The molecule has 0 fully saturated rings. The molecule has 0 aromatic heterocycles. The molecule has 0 saturated heterocycles. The summed E-state index contributed by atoms with van der Waals surface area (Å²) in [7, 11) is -1.38. The lowest BCUT2D eigenvalue weighted by Crippen LogP contribution is -2.15. The predicted octanol–water partition coefficient (Wildman–Crippen LogP) is -0.652. The predicted molar refractivity (Wildman–Crippen MR) is 28.0 cm³/mol. The Bertz CT molecular complexity index is 142. The highest BCUT2D eigenvalue weighted by Gasteiger charge is 2.15. The Morgan fingerprint density at radius 1 is 1.62 bits per heavy atom. The number of nitrogens with zero attached hydrogens (tertiary/aromatic N) is 2. The molecular weight excluding hydrogens is 107 g/mol. The summed E-state index contributed by atoms with van der Waals surface area (Å²) in [5.41, 5.74) is 0.449.